The number of carbonyl (C=O) groups excluding carboxylic acids is 1. The lowest BCUT2D eigenvalue weighted by Gasteiger charge is -2.07. The van der Waals surface area contributed by atoms with Gasteiger partial charge >= 0.3 is 0 Å². The van der Waals surface area contributed by atoms with E-state index < -0.39 is 0 Å². The Morgan fingerprint density at radius 1 is 1.15 bits per heavy atom. The van der Waals surface area contributed by atoms with Crippen molar-refractivity contribution >= 4 is 28.6 Å². The molecular weight excluding hydrogens is 340 g/mol. The Kier molecular flexibility index (Phi) is 4.33. The van der Waals surface area contributed by atoms with E-state index in [0.29, 0.717) is 22.7 Å². The summed E-state index contributed by atoms with van der Waals surface area (Å²) in [5.41, 5.74) is 4.71. The minimum atomic E-state index is 0.00750. The summed E-state index contributed by atoms with van der Waals surface area (Å²) in [6.07, 6.45) is 2.57. The van der Waals surface area contributed by atoms with E-state index in [2.05, 4.69) is 44.7 Å². The van der Waals surface area contributed by atoms with Crippen molar-refractivity contribution in [1.82, 2.24) is 25.0 Å². The Morgan fingerprint density at radius 3 is 2.81 bits per heavy atom. The van der Waals surface area contributed by atoms with Gasteiger partial charge in [0.2, 0.25) is 5.95 Å². The van der Waals surface area contributed by atoms with Crippen LogP contribution in [0.15, 0.2) is 54.7 Å². The van der Waals surface area contributed by atoms with Crippen LogP contribution in [0.1, 0.15) is 29.8 Å². The van der Waals surface area contributed by atoms with Crippen LogP contribution in [0.25, 0.3) is 16.9 Å². The van der Waals surface area contributed by atoms with Crippen LogP contribution in [-0.2, 0) is 6.42 Å². The fourth-order valence-corrected chi connectivity index (χ4v) is 2.82. The van der Waals surface area contributed by atoms with Crippen LogP contribution in [-0.4, -0.2) is 30.7 Å². The Bertz CT molecular complexity index is 1130. The van der Waals surface area contributed by atoms with Crippen LogP contribution in [0.4, 0.5) is 11.6 Å². The van der Waals surface area contributed by atoms with E-state index in [1.807, 2.05) is 24.3 Å². The van der Waals surface area contributed by atoms with E-state index in [1.165, 1.54) is 12.5 Å². The first-order valence-corrected chi connectivity index (χ1v) is 8.70. The van der Waals surface area contributed by atoms with Crippen molar-refractivity contribution < 1.29 is 4.79 Å². The number of aromatic nitrogens is 5. The topological polar surface area (TPSA) is 85.6 Å². The molecule has 4 aromatic rings. The molecule has 0 radical (unpaired) electrons. The summed E-state index contributed by atoms with van der Waals surface area (Å²) >= 11 is 0. The van der Waals surface area contributed by atoms with Gasteiger partial charge < -0.3 is 5.32 Å². The zero-order chi connectivity index (χ0) is 18.8. The van der Waals surface area contributed by atoms with E-state index in [0.717, 1.165) is 17.8 Å². The average Bonchev–Trinajstić information content (AvgIpc) is 3.11. The molecule has 0 saturated carbocycles. The van der Waals surface area contributed by atoms with Gasteiger partial charge in [-0.2, -0.15) is 9.67 Å². The Hall–Kier alpha value is -3.61. The number of ketones is 1. The third-order valence-corrected chi connectivity index (χ3v) is 4.28. The molecule has 7 nitrogen and oxygen atoms in total. The smallest absolute Gasteiger partial charge is 0.229 e. The minimum absolute atomic E-state index is 0.00750. The molecule has 0 spiro atoms. The van der Waals surface area contributed by atoms with Crippen LogP contribution >= 0.6 is 0 Å². The van der Waals surface area contributed by atoms with Crippen molar-refractivity contribution in [3.8, 4) is 5.69 Å². The van der Waals surface area contributed by atoms with Crippen molar-refractivity contribution in [2.45, 2.75) is 20.3 Å². The molecule has 2 aromatic carbocycles. The van der Waals surface area contributed by atoms with Crippen molar-refractivity contribution in [2.75, 3.05) is 5.32 Å². The summed E-state index contributed by atoms with van der Waals surface area (Å²) in [7, 11) is 0. The fourth-order valence-electron chi connectivity index (χ4n) is 2.82. The Labute approximate surface area is 156 Å². The van der Waals surface area contributed by atoms with Gasteiger partial charge in [0.1, 0.15) is 0 Å². The zero-order valence-corrected chi connectivity index (χ0v) is 15.0. The molecular formula is C20H18N6O. The number of Topliss-reactive ketones (excluding diaryl/α,β-unsaturated/α-hetero) is 1. The first-order valence-electron chi connectivity index (χ1n) is 8.70. The molecule has 2 aromatic heterocycles. The summed E-state index contributed by atoms with van der Waals surface area (Å²) in [5, 5.41) is 11.5. The lowest BCUT2D eigenvalue weighted by Crippen LogP contribution is -2.02. The van der Waals surface area contributed by atoms with Gasteiger partial charge in [-0.1, -0.05) is 36.4 Å². The van der Waals surface area contributed by atoms with Crippen LogP contribution < -0.4 is 5.32 Å². The first-order chi connectivity index (χ1) is 13.1. The van der Waals surface area contributed by atoms with E-state index in [-0.39, 0.29) is 5.78 Å². The highest BCUT2D eigenvalue weighted by atomic mass is 16.1. The Morgan fingerprint density at radius 2 is 2.00 bits per heavy atom. The molecule has 134 valence electrons. The number of rotatable bonds is 5. The second-order valence-corrected chi connectivity index (χ2v) is 6.19. The summed E-state index contributed by atoms with van der Waals surface area (Å²) < 4.78 is 1.70. The molecule has 2 heterocycles. The van der Waals surface area contributed by atoms with E-state index in [4.69, 9.17) is 0 Å². The van der Waals surface area contributed by atoms with Gasteiger partial charge in [-0.3, -0.25) is 4.79 Å². The highest BCUT2D eigenvalue weighted by Crippen LogP contribution is 2.19. The molecule has 0 atom stereocenters. The molecule has 0 fully saturated rings. The number of fused-ring (bicyclic) bond motifs is 1. The predicted octanol–water partition coefficient (Wildman–Crippen LogP) is 3.72. The number of anilines is 2. The molecule has 27 heavy (non-hydrogen) atoms. The van der Waals surface area contributed by atoms with E-state index in [9.17, 15) is 4.79 Å². The molecule has 0 saturated heterocycles. The average molecular weight is 358 g/mol. The maximum atomic E-state index is 11.6. The second kappa shape index (κ2) is 6.95. The number of aryl methyl sites for hydroxylation is 1. The number of hydrogen-bond donors (Lipinski definition) is 1. The van der Waals surface area contributed by atoms with Gasteiger partial charge in [-0.15, -0.1) is 5.10 Å². The highest BCUT2D eigenvalue weighted by Gasteiger charge is 2.11. The number of nitrogens with one attached hydrogen (secondary N) is 1. The van der Waals surface area contributed by atoms with E-state index in [1.54, 1.807) is 23.0 Å². The molecule has 7 heteroatoms. The second-order valence-electron chi connectivity index (χ2n) is 6.19. The standard InChI is InChI=1S/C20H18N6O/c1-3-14-6-4-9-17(10-14)26-19-18(24-25-26)12-21-20(23-19)22-16-8-5-7-15(11-16)13(2)27/h4-12H,3H2,1-2H3,(H,21,22,23). The molecule has 0 amide bonds. The normalized spacial score (nSPS) is 10.9. The van der Waals surface area contributed by atoms with Crippen molar-refractivity contribution in [3.63, 3.8) is 0 Å². The predicted molar refractivity (Wildman–Crippen MR) is 104 cm³/mol. The summed E-state index contributed by atoms with van der Waals surface area (Å²) in [5.74, 6) is 0.423. The van der Waals surface area contributed by atoms with Crippen LogP contribution in [0, 0.1) is 0 Å². The van der Waals surface area contributed by atoms with Gasteiger partial charge in [0.05, 0.1) is 11.9 Å². The maximum Gasteiger partial charge on any atom is 0.229 e. The fraction of sp³-hybridized carbons (Fsp3) is 0.150. The molecule has 0 unspecified atom stereocenters. The van der Waals surface area contributed by atoms with Crippen molar-refractivity contribution in [1.29, 1.82) is 0 Å². The van der Waals surface area contributed by atoms with Crippen LogP contribution in [0.5, 0.6) is 0 Å². The largest absolute Gasteiger partial charge is 0.324 e. The van der Waals surface area contributed by atoms with Crippen LogP contribution in [0.3, 0.4) is 0 Å². The lowest BCUT2D eigenvalue weighted by molar-refractivity contribution is 0.101. The summed E-state index contributed by atoms with van der Waals surface area (Å²) in [6.45, 7) is 3.65. The van der Waals surface area contributed by atoms with Gasteiger partial charge in [0, 0.05) is 11.3 Å². The molecule has 0 aliphatic carbocycles. The SMILES string of the molecule is CCc1cccc(-n2nnc3cnc(Nc4cccc(C(C)=O)c4)nc32)c1. The highest BCUT2D eigenvalue weighted by molar-refractivity contribution is 5.95. The lowest BCUT2D eigenvalue weighted by atomic mass is 10.1. The van der Waals surface area contributed by atoms with Gasteiger partial charge in [0.25, 0.3) is 0 Å². The number of nitrogens with zero attached hydrogens (tertiary/aromatic N) is 5. The monoisotopic (exact) mass is 358 g/mol. The molecule has 0 aliphatic rings. The molecule has 0 bridgehead atoms. The summed E-state index contributed by atoms with van der Waals surface area (Å²) in [4.78, 5) is 20.4. The quantitative estimate of drug-likeness (QED) is 0.547. The molecule has 0 aliphatic heterocycles. The zero-order valence-electron chi connectivity index (χ0n) is 15.0. The maximum absolute atomic E-state index is 11.6. The number of carbonyl (C=O) groups is 1. The third kappa shape index (κ3) is 3.39. The van der Waals surface area contributed by atoms with Crippen molar-refractivity contribution in [2.24, 2.45) is 0 Å². The molecule has 4 rings (SSSR count). The number of hydrogen-bond acceptors (Lipinski definition) is 6. The van der Waals surface area contributed by atoms with Gasteiger partial charge in [0.15, 0.2) is 16.9 Å². The number of benzene rings is 2. The van der Waals surface area contributed by atoms with Crippen LogP contribution in [0.2, 0.25) is 0 Å². The summed E-state index contributed by atoms with van der Waals surface area (Å²) in [6, 6.07) is 15.3. The van der Waals surface area contributed by atoms with Gasteiger partial charge in [-0.05, 0) is 43.2 Å². The van der Waals surface area contributed by atoms with Gasteiger partial charge in [-0.25, -0.2) is 4.98 Å². The molecule has 1 N–H and O–H groups in total. The van der Waals surface area contributed by atoms with Crippen molar-refractivity contribution in [3.05, 3.63) is 65.9 Å². The van der Waals surface area contributed by atoms with E-state index >= 15 is 0 Å². The first kappa shape index (κ1) is 16.8. The minimum Gasteiger partial charge on any atom is -0.324 e. The Balaban J connectivity index is 1.71. The third-order valence-electron chi connectivity index (χ3n) is 4.28.